The maximum Gasteiger partial charge on any atom is 0.271 e. The molecule has 0 spiro atoms. The number of nitrogens with one attached hydrogen (secondary N) is 1. The summed E-state index contributed by atoms with van der Waals surface area (Å²) < 4.78 is 0. The molecule has 3 nitrogen and oxygen atoms in total. The maximum absolute atomic E-state index is 12.2. The third-order valence-electron chi connectivity index (χ3n) is 2.74. The number of benzene rings is 1. The first-order valence-corrected chi connectivity index (χ1v) is 6.38. The van der Waals surface area contributed by atoms with Crippen LogP contribution in [0.2, 0.25) is 0 Å². The Hall–Kier alpha value is -2.73. The molecule has 1 aromatic carbocycles. The minimum absolute atomic E-state index is 0.0720. The molecule has 0 fully saturated rings. The van der Waals surface area contributed by atoms with Crippen molar-refractivity contribution in [3.8, 4) is 11.8 Å². The van der Waals surface area contributed by atoms with E-state index in [4.69, 9.17) is 0 Å². The van der Waals surface area contributed by atoms with Gasteiger partial charge in [-0.05, 0) is 24.3 Å². The van der Waals surface area contributed by atoms with Crippen LogP contribution in [0.15, 0.2) is 61.3 Å². The van der Waals surface area contributed by atoms with Crippen LogP contribution in [-0.2, 0) is 0 Å². The first-order chi connectivity index (χ1) is 9.81. The van der Waals surface area contributed by atoms with E-state index in [1.54, 1.807) is 29.3 Å². The molecule has 0 atom stereocenters. The van der Waals surface area contributed by atoms with Gasteiger partial charge in [-0.2, -0.15) is 0 Å². The molecule has 2 aromatic rings. The van der Waals surface area contributed by atoms with Crippen molar-refractivity contribution in [3.05, 3.63) is 72.6 Å². The van der Waals surface area contributed by atoms with Crippen LogP contribution in [0.3, 0.4) is 0 Å². The van der Waals surface area contributed by atoms with E-state index in [-0.39, 0.29) is 5.91 Å². The Morgan fingerprint density at radius 3 is 2.70 bits per heavy atom. The van der Waals surface area contributed by atoms with Gasteiger partial charge in [-0.1, -0.05) is 36.1 Å². The molecule has 0 saturated carbocycles. The highest BCUT2D eigenvalue weighted by Crippen LogP contribution is 2.02. The SMILES string of the molecule is C=CCN(CC#Cc1ccccc1)C(=O)c1ccc[nH]1. The van der Waals surface area contributed by atoms with Crippen LogP contribution in [-0.4, -0.2) is 28.9 Å². The Labute approximate surface area is 118 Å². The van der Waals surface area contributed by atoms with Gasteiger partial charge in [0.1, 0.15) is 5.69 Å². The summed E-state index contributed by atoms with van der Waals surface area (Å²) in [5.41, 5.74) is 1.51. The molecule has 0 aliphatic carbocycles. The zero-order valence-electron chi connectivity index (χ0n) is 11.2. The summed E-state index contributed by atoms with van der Waals surface area (Å²) >= 11 is 0. The van der Waals surface area contributed by atoms with Crippen molar-refractivity contribution in [2.24, 2.45) is 0 Å². The second-order valence-corrected chi connectivity index (χ2v) is 4.23. The molecule has 3 heteroatoms. The van der Waals surface area contributed by atoms with Crippen molar-refractivity contribution in [3.63, 3.8) is 0 Å². The number of aromatic nitrogens is 1. The number of rotatable bonds is 4. The van der Waals surface area contributed by atoms with Crippen molar-refractivity contribution < 1.29 is 4.79 Å². The molecular weight excluding hydrogens is 248 g/mol. The van der Waals surface area contributed by atoms with Crippen molar-refractivity contribution in [1.29, 1.82) is 0 Å². The zero-order chi connectivity index (χ0) is 14.2. The lowest BCUT2D eigenvalue weighted by molar-refractivity contribution is 0.0788. The van der Waals surface area contributed by atoms with Gasteiger partial charge in [-0.25, -0.2) is 0 Å². The van der Waals surface area contributed by atoms with E-state index in [0.717, 1.165) is 5.56 Å². The number of hydrogen-bond acceptors (Lipinski definition) is 1. The fraction of sp³-hybridized carbons (Fsp3) is 0.118. The largest absolute Gasteiger partial charge is 0.357 e. The summed E-state index contributed by atoms with van der Waals surface area (Å²) in [4.78, 5) is 16.8. The van der Waals surface area contributed by atoms with Crippen molar-refractivity contribution in [2.75, 3.05) is 13.1 Å². The molecule has 1 amide bonds. The van der Waals surface area contributed by atoms with Crippen LogP contribution < -0.4 is 0 Å². The van der Waals surface area contributed by atoms with Gasteiger partial charge >= 0.3 is 0 Å². The highest BCUT2D eigenvalue weighted by molar-refractivity contribution is 5.92. The average molecular weight is 264 g/mol. The predicted molar refractivity (Wildman–Crippen MR) is 80.2 cm³/mol. The number of H-pyrrole nitrogens is 1. The van der Waals surface area contributed by atoms with Crippen LogP contribution in [0.5, 0.6) is 0 Å². The monoisotopic (exact) mass is 264 g/mol. The average Bonchev–Trinajstić information content (AvgIpc) is 3.01. The molecule has 0 aliphatic rings. The lowest BCUT2D eigenvalue weighted by Gasteiger charge is -2.17. The van der Waals surface area contributed by atoms with E-state index in [1.165, 1.54) is 0 Å². The summed E-state index contributed by atoms with van der Waals surface area (Å²) in [6.45, 7) is 4.53. The number of nitrogens with zero attached hydrogens (tertiary/aromatic N) is 1. The van der Waals surface area contributed by atoms with Crippen molar-refractivity contribution in [2.45, 2.75) is 0 Å². The first-order valence-electron chi connectivity index (χ1n) is 6.38. The second-order valence-electron chi connectivity index (χ2n) is 4.23. The van der Waals surface area contributed by atoms with Crippen LogP contribution in [0.4, 0.5) is 0 Å². The molecule has 0 bridgehead atoms. The Balaban J connectivity index is 2.05. The van der Waals surface area contributed by atoms with Gasteiger partial charge in [0, 0.05) is 18.3 Å². The van der Waals surface area contributed by atoms with E-state index < -0.39 is 0 Å². The summed E-state index contributed by atoms with van der Waals surface area (Å²) in [6, 6.07) is 13.3. The third kappa shape index (κ3) is 3.63. The summed E-state index contributed by atoms with van der Waals surface area (Å²) in [7, 11) is 0. The normalized spacial score (nSPS) is 9.40. The van der Waals surface area contributed by atoms with Gasteiger partial charge in [-0.3, -0.25) is 4.79 Å². The highest BCUT2D eigenvalue weighted by atomic mass is 16.2. The van der Waals surface area contributed by atoms with E-state index in [1.807, 2.05) is 30.3 Å². The Bertz CT molecular complexity index is 618. The van der Waals surface area contributed by atoms with E-state index in [9.17, 15) is 4.79 Å². The fourth-order valence-electron chi connectivity index (χ4n) is 1.77. The second kappa shape index (κ2) is 7.01. The number of carbonyl (C=O) groups is 1. The molecule has 0 unspecified atom stereocenters. The minimum atomic E-state index is -0.0720. The predicted octanol–water partition coefficient (Wildman–Crippen LogP) is 2.69. The summed E-state index contributed by atoms with van der Waals surface area (Å²) in [5, 5.41) is 0. The minimum Gasteiger partial charge on any atom is -0.357 e. The van der Waals surface area contributed by atoms with Crippen molar-refractivity contribution >= 4 is 5.91 Å². The van der Waals surface area contributed by atoms with Crippen molar-refractivity contribution in [1.82, 2.24) is 9.88 Å². The summed E-state index contributed by atoms with van der Waals surface area (Å²) in [5.74, 6) is 6.00. The lowest BCUT2D eigenvalue weighted by atomic mass is 10.2. The van der Waals surface area contributed by atoms with Gasteiger partial charge in [0.2, 0.25) is 0 Å². The molecule has 2 rings (SSSR count). The van der Waals surface area contributed by atoms with Gasteiger partial charge < -0.3 is 9.88 Å². The molecule has 1 heterocycles. The number of amides is 1. The van der Waals surface area contributed by atoms with E-state index >= 15 is 0 Å². The Kier molecular flexibility index (Phi) is 4.80. The van der Waals surface area contributed by atoms with Crippen LogP contribution in [0, 0.1) is 11.8 Å². The molecule has 1 aromatic heterocycles. The first kappa shape index (κ1) is 13.7. The quantitative estimate of drug-likeness (QED) is 0.669. The lowest BCUT2D eigenvalue weighted by Crippen LogP contribution is -2.31. The Morgan fingerprint density at radius 1 is 1.25 bits per heavy atom. The molecular formula is C17H16N2O. The van der Waals surface area contributed by atoms with Crippen LogP contribution in [0.25, 0.3) is 0 Å². The molecule has 1 N–H and O–H groups in total. The number of carbonyl (C=O) groups excluding carboxylic acids is 1. The zero-order valence-corrected chi connectivity index (χ0v) is 11.2. The smallest absolute Gasteiger partial charge is 0.271 e. The van der Waals surface area contributed by atoms with Crippen LogP contribution in [0.1, 0.15) is 16.1 Å². The molecule has 0 radical (unpaired) electrons. The number of aromatic amines is 1. The standard InChI is InChI=1S/C17H16N2O/c1-2-13-19(17(20)16-11-6-12-18-16)14-7-10-15-8-4-3-5-9-15/h2-6,8-9,11-12,18H,1,13-14H2. The van der Waals surface area contributed by atoms with Gasteiger partial charge in [0.15, 0.2) is 0 Å². The highest BCUT2D eigenvalue weighted by Gasteiger charge is 2.13. The van der Waals surface area contributed by atoms with E-state index in [2.05, 4.69) is 23.4 Å². The summed E-state index contributed by atoms with van der Waals surface area (Å²) in [6.07, 6.45) is 3.43. The van der Waals surface area contributed by atoms with Gasteiger partial charge in [0.05, 0.1) is 6.54 Å². The maximum atomic E-state index is 12.2. The molecule has 0 saturated heterocycles. The van der Waals surface area contributed by atoms with Crippen LogP contribution >= 0.6 is 0 Å². The van der Waals surface area contributed by atoms with E-state index in [0.29, 0.717) is 18.8 Å². The molecule has 0 aliphatic heterocycles. The van der Waals surface area contributed by atoms with Gasteiger partial charge in [0.25, 0.3) is 5.91 Å². The van der Waals surface area contributed by atoms with Gasteiger partial charge in [-0.15, -0.1) is 6.58 Å². The topological polar surface area (TPSA) is 36.1 Å². The fourth-order valence-corrected chi connectivity index (χ4v) is 1.77. The Morgan fingerprint density at radius 2 is 2.05 bits per heavy atom. The number of hydrogen-bond donors (Lipinski definition) is 1. The third-order valence-corrected chi connectivity index (χ3v) is 2.74. The molecule has 20 heavy (non-hydrogen) atoms. The molecule has 100 valence electrons.